The second kappa shape index (κ2) is 5.99. The quantitative estimate of drug-likeness (QED) is 0.857. The van der Waals surface area contributed by atoms with Gasteiger partial charge in [0, 0.05) is 24.1 Å². The number of nitrogens with zero attached hydrogens (tertiary/aromatic N) is 1. The van der Waals surface area contributed by atoms with Crippen LogP contribution in [0.1, 0.15) is 54.2 Å². The first kappa shape index (κ1) is 16.8. The molecule has 4 rings (SSSR count). The van der Waals surface area contributed by atoms with Gasteiger partial charge in [0.15, 0.2) is 5.78 Å². The number of ether oxygens (including phenoxy) is 1. The number of amides is 1. The maximum absolute atomic E-state index is 12.7. The Hall–Kier alpha value is -2.60. The number of ketones is 1. The van der Waals surface area contributed by atoms with E-state index in [1.54, 1.807) is 43.0 Å². The molecule has 0 spiro atoms. The molecule has 1 aromatic carbocycles. The number of hydrogen-bond donors (Lipinski definition) is 1. The molecule has 6 heteroatoms. The summed E-state index contributed by atoms with van der Waals surface area (Å²) in [5, 5.41) is 10.9. The number of benzene rings is 1. The van der Waals surface area contributed by atoms with E-state index in [0.717, 1.165) is 6.42 Å². The Morgan fingerprint density at radius 2 is 2.08 bits per heavy atom. The van der Waals surface area contributed by atoms with E-state index >= 15 is 0 Å². The monoisotopic (exact) mass is 355 g/mol. The zero-order chi connectivity index (χ0) is 18.5. The summed E-state index contributed by atoms with van der Waals surface area (Å²) in [5.74, 6) is 0.436. The number of carbonyl (C=O) groups is 2. The summed E-state index contributed by atoms with van der Waals surface area (Å²) < 4.78 is 11.0. The second-order valence-electron chi connectivity index (χ2n) is 7.38. The molecule has 2 aliphatic heterocycles. The Balaban J connectivity index is 1.80. The lowest BCUT2D eigenvalue weighted by molar-refractivity contribution is -0.139. The number of rotatable bonds is 3. The van der Waals surface area contributed by atoms with E-state index in [4.69, 9.17) is 9.15 Å². The highest BCUT2D eigenvalue weighted by Gasteiger charge is 2.47. The summed E-state index contributed by atoms with van der Waals surface area (Å²) in [6.07, 6.45) is 3.21. The molecule has 0 bridgehead atoms. The first-order valence-corrected chi connectivity index (χ1v) is 8.76. The molecular weight excluding hydrogens is 334 g/mol. The number of likely N-dealkylation sites (tertiary alicyclic amines) is 1. The minimum Gasteiger partial charge on any atom is -0.485 e. The number of furan rings is 1. The molecule has 26 heavy (non-hydrogen) atoms. The lowest BCUT2D eigenvalue weighted by atomic mass is 9.84. The van der Waals surface area contributed by atoms with Gasteiger partial charge in [0.05, 0.1) is 17.9 Å². The SMILES string of the molecule is CC1(C)Oc2ccc(C(=O)c3ccoc3)cc2[C@@H](N2CCCC2=O)[C@@H]1O. The van der Waals surface area contributed by atoms with Crippen molar-refractivity contribution < 1.29 is 23.8 Å². The van der Waals surface area contributed by atoms with Crippen LogP contribution < -0.4 is 4.74 Å². The highest BCUT2D eigenvalue weighted by atomic mass is 16.5. The number of carbonyl (C=O) groups excluding carboxylic acids is 2. The van der Waals surface area contributed by atoms with Gasteiger partial charge >= 0.3 is 0 Å². The van der Waals surface area contributed by atoms with E-state index in [-0.39, 0.29) is 11.7 Å². The second-order valence-corrected chi connectivity index (χ2v) is 7.38. The molecule has 0 unspecified atom stereocenters. The molecule has 1 N–H and O–H groups in total. The number of aliphatic hydroxyl groups is 1. The Morgan fingerprint density at radius 3 is 2.73 bits per heavy atom. The molecule has 2 atom stereocenters. The molecule has 0 aliphatic carbocycles. The van der Waals surface area contributed by atoms with E-state index < -0.39 is 17.7 Å². The lowest BCUT2D eigenvalue weighted by Crippen LogP contribution is -2.53. The average molecular weight is 355 g/mol. The van der Waals surface area contributed by atoms with Gasteiger partial charge in [0.2, 0.25) is 5.91 Å². The van der Waals surface area contributed by atoms with Crippen LogP contribution in [0.25, 0.3) is 0 Å². The fourth-order valence-electron chi connectivity index (χ4n) is 3.77. The molecule has 0 saturated carbocycles. The van der Waals surface area contributed by atoms with E-state index in [2.05, 4.69) is 0 Å². The maximum Gasteiger partial charge on any atom is 0.223 e. The van der Waals surface area contributed by atoms with Gasteiger partial charge in [0.25, 0.3) is 0 Å². The van der Waals surface area contributed by atoms with Crippen molar-refractivity contribution in [2.24, 2.45) is 0 Å². The summed E-state index contributed by atoms with van der Waals surface area (Å²) in [6, 6.07) is 6.24. The van der Waals surface area contributed by atoms with Gasteiger partial charge in [-0.1, -0.05) is 0 Å². The summed E-state index contributed by atoms with van der Waals surface area (Å²) >= 11 is 0. The molecule has 1 saturated heterocycles. The van der Waals surface area contributed by atoms with Gasteiger partial charge in [-0.25, -0.2) is 0 Å². The molecular formula is C20H21NO5. The van der Waals surface area contributed by atoms with E-state index in [0.29, 0.717) is 35.4 Å². The first-order chi connectivity index (χ1) is 12.4. The van der Waals surface area contributed by atoms with Gasteiger partial charge in [-0.3, -0.25) is 9.59 Å². The highest BCUT2D eigenvalue weighted by molar-refractivity contribution is 6.09. The number of hydrogen-bond acceptors (Lipinski definition) is 5. The van der Waals surface area contributed by atoms with Gasteiger partial charge in [-0.15, -0.1) is 0 Å². The Morgan fingerprint density at radius 1 is 1.27 bits per heavy atom. The fraction of sp³-hybridized carbons (Fsp3) is 0.400. The predicted molar refractivity (Wildman–Crippen MR) is 93.0 cm³/mol. The minimum atomic E-state index is -0.892. The van der Waals surface area contributed by atoms with Crippen LogP contribution in [-0.2, 0) is 4.79 Å². The van der Waals surface area contributed by atoms with Gasteiger partial charge in [-0.2, -0.15) is 0 Å². The zero-order valence-corrected chi connectivity index (χ0v) is 14.8. The van der Waals surface area contributed by atoms with Crippen molar-refractivity contribution in [3.8, 4) is 5.75 Å². The third-order valence-corrected chi connectivity index (χ3v) is 5.20. The van der Waals surface area contributed by atoms with Crippen molar-refractivity contribution in [1.29, 1.82) is 0 Å². The number of fused-ring (bicyclic) bond motifs is 1. The smallest absolute Gasteiger partial charge is 0.223 e. The van der Waals surface area contributed by atoms with E-state index in [1.165, 1.54) is 12.5 Å². The predicted octanol–water partition coefficient (Wildman–Crippen LogP) is 2.71. The Bertz CT molecular complexity index is 855. The van der Waals surface area contributed by atoms with Crippen LogP contribution in [0.15, 0.2) is 41.2 Å². The summed E-state index contributed by atoms with van der Waals surface area (Å²) in [7, 11) is 0. The van der Waals surface area contributed by atoms with Crippen molar-refractivity contribution in [2.45, 2.75) is 44.4 Å². The summed E-state index contributed by atoms with van der Waals surface area (Å²) in [5.41, 5.74) is 0.756. The average Bonchev–Trinajstić information content (AvgIpc) is 3.27. The van der Waals surface area contributed by atoms with Crippen molar-refractivity contribution in [1.82, 2.24) is 4.90 Å². The fourth-order valence-corrected chi connectivity index (χ4v) is 3.77. The van der Waals surface area contributed by atoms with Crippen LogP contribution in [-0.4, -0.2) is 39.9 Å². The minimum absolute atomic E-state index is 0.0178. The van der Waals surface area contributed by atoms with Gasteiger partial charge < -0.3 is 19.2 Å². The van der Waals surface area contributed by atoms with E-state index in [9.17, 15) is 14.7 Å². The van der Waals surface area contributed by atoms with Crippen LogP contribution in [0.5, 0.6) is 5.75 Å². The lowest BCUT2D eigenvalue weighted by Gasteiger charge is -2.45. The molecule has 3 heterocycles. The molecule has 2 aromatic rings. The van der Waals surface area contributed by atoms with Crippen LogP contribution in [0.4, 0.5) is 0 Å². The van der Waals surface area contributed by atoms with Crippen molar-refractivity contribution in [3.05, 3.63) is 53.5 Å². The Labute approximate surface area is 151 Å². The van der Waals surface area contributed by atoms with Crippen LogP contribution in [0, 0.1) is 0 Å². The number of aliphatic hydroxyl groups excluding tert-OH is 1. The Kier molecular flexibility index (Phi) is 3.88. The third-order valence-electron chi connectivity index (χ3n) is 5.20. The summed E-state index contributed by atoms with van der Waals surface area (Å²) in [4.78, 5) is 26.7. The van der Waals surface area contributed by atoms with Crippen molar-refractivity contribution in [2.75, 3.05) is 6.54 Å². The van der Waals surface area contributed by atoms with Crippen LogP contribution in [0.3, 0.4) is 0 Å². The highest BCUT2D eigenvalue weighted by Crippen LogP contribution is 2.44. The molecule has 0 radical (unpaired) electrons. The van der Waals surface area contributed by atoms with Crippen LogP contribution in [0.2, 0.25) is 0 Å². The maximum atomic E-state index is 12.7. The van der Waals surface area contributed by atoms with Crippen LogP contribution >= 0.6 is 0 Å². The first-order valence-electron chi connectivity index (χ1n) is 8.76. The molecule has 2 aliphatic rings. The molecule has 1 aromatic heterocycles. The van der Waals surface area contributed by atoms with E-state index in [1.807, 2.05) is 0 Å². The van der Waals surface area contributed by atoms with Crippen molar-refractivity contribution in [3.63, 3.8) is 0 Å². The molecule has 1 fully saturated rings. The molecule has 1 amide bonds. The third kappa shape index (κ3) is 2.61. The van der Waals surface area contributed by atoms with Gasteiger partial charge in [0.1, 0.15) is 23.7 Å². The standard InChI is InChI=1S/C20H21NO5/c1-20(2)19(24)17(21-8-3-4-16(21)22)14-10-12(5-6-15(14)26-20)18(23)13-7-9-25-11-13/h5-7,9-11,17,19,24H,3-4,8H2,1-2H3/t17-,19+/m1/s1. The molecule has 6 nitrogen and oxygen atoms in total. The normalized spacial score (nSPS) is 24.3. The zero-order valence-electron chi connectivity index (χ0n) is 14.8. The largest absolute Gasteiger partial charge is 0.485 e. The topological polar surface area (TPSA) is 80.0 Å². The van der Waals surface area contributed by atoms with Crippen molar-refractivity contribution >= 4 is 11.7 Å². The summed E-state index contributed by atoms with van der Waals surface area (Å²) in [6.45, 7) is 4.20. The molecule has 136 valence electrons. The van der Waals surface area contributed by atoms with Gasteiger partial charge in [-0.05, 0) is 44.5 Å².